The molecular formula is C19H17F3N2O4. The first-order chi connectivity index (χ1) is 13.2. The van der Waals surface area contributed by atoms with Crippen LogP contribution in [0.2, 0.25) is 0 Å². The second-order valence-corrected chi connectivity index (χ2v) is 7.20. The van der Waals surface area contributed by atoms with Crippen molar-refractivity contribution in [2.24, 2.45) is 23.7 Å². The molecular weight excluding hydrogens is 377 g/mol. The van der Waals surface area contributed by atoms with Gasteiger partial charge in [0.05, 0.1) is 11.8 Å². The zero-order valence-electron chi connectivity index (χ0n) is 14.6. The Labute approximate surface area is 158 Å². The molecule has 4 atom stereocenters. The van der Waals surface area contributed by atoms with Crippen LogP contribution in [0.3, 0.4) is 0 Å². The van der Waals surface area contributed by atoms with E-state index in [1.807, 2.05) is 12.2 Å². The molecule has 1 N–H and O–H groups in total. The third-order valence-electron chi connectivity index (χ3n) is 5.50. The Balaban J connectivity index is 1.30. The van der Waals surface area contributed by atoms with Crippen molar-refractivity contribution in [3.63, 3.8) is 0 Å². The maximum atomic E-state index is 12.5. The minimum Gasteiger partial charge on any atom is -0.406 e. The van der Waals surface area contributed by atoms with Crippen LogP contribution < -0.4 is 10.1 Å². The molecule has 1 saturated heterocycles. The van der Waals surface area contributed by atoms with Gasteiger partial charge in [-0.05, 0) is 42.5 Å². The Morgan fingerprint density at radius 3 is 2.18 bits per heavy atom. The van der Waals surface area contributed by atoms with Crippen LogP contribution >= 0.6 is 0 Å². The molecule has 1 heterocycles. The summed E-state index contributed by atoms with van der Waals surface area (Å²) in [6.45, 7) is -0.00872. The quantitative estimate of drug-likeness (QED) is 0.616. The van der Waals surface area contributed by atoms with E-state index in [4.69, 9.17) is 0 Å². The number of carbonyl (C=O) groups is 3. The number of rotatable bonds is 5. The third kappa shape index (κ3) is 3.36. The number of anilines is 1. The molecule has 1 saturated carbocycles. The number of hydrogen-bond acceptors (Lipinski definition) is 4. The van der Waals surface area contributed by atoms with Gasteiger partial charge in [0, 0.05) is 18.7 Å². The van der Waals surface area contributed by atoms with Crippen molar-refractivity contribution >= 4 is 23.4 Å². The van der Waals surface area contributed by atoms with Gasteiger partial charge in [-0.1, -0.05) is 12.2 Å². The van der Waals surface area contributed by atoms with Crippen LogP contribution in [0.1, 0.15) is 12.8 Å². The summed E-state index contributed by atoms with van der Waals surface area (Å²) in [4.78, 5) is 38.4. The van der Waals surface area contributed by atoms with E-state index in [2.05, 4.69) is 10.1 Å². The summed E-state index contributed by atoms with van der Waals surface area (Å²) in [6, 6.07) is 4.72. The molecule has 3 amide bonds. The summed E-state index contributed by atoms with van der Waals surface area (Å²) < 4.78 is 40.2. The highest BCUT2D eigenvalue weighted by atomic mass is 19.4. The molecule has 3 aliphatic rings. The van der Waals surface area contributed by atoms with Gasteiger partial charge in [0.2, 0.25) is 17.7 Å². The maximum absolute atomic E-state index is 12.5. The Morgan fingerprint density at radius 1 is 1.07 bits per heavy atom. The number of imide groups is 1. The maximum Gasteiger partial charge on any atom is 0.573 e. The predicted molar refractivity (Wildman–Crippen MR) is 90.8 cm³/mol. The first-order valence-electron chi connectivity index (χ1n) is 8.92. The number of allylic oxidation sites excluding steroid dienone is 2. The van der Waals surface area contributed by atoms with Crippen molar-refractivity contribution in [2.75, 3.05) is 11.9 Å². The van der Waals surface area contributed by atoms with Crippen molar-refractivity contribution in [3.8, 4) is 5.75 Å². The first-order valence-corrected chi connectivity index (χ1v) is 8.92. The van der Waals surface area contributed by atoms with Gasteiger partial charge >= 0.3 is 6.36 Å². The Bertz CT molecular complexity index is 820. The van der Waals surface area contributed by atoms with E-state index < -0.39 is 18.0 Å². The summed E-state index contributed by atoms with van der Waals surface area (Å²) in [5, 5.41) is 2.53. The SMILES string of the molecule is O=C(CCN1C(=O)[C@H]2[C@H](C1=O)[C@H]1C=C[C@H]2C1)Nc1ccc(OC(F)(F)F)cc1. The Kier molecular flexibility index (Phi) is 4.40. The average molecular weight is 394 g/mol. The standard InChI is InChI=1S/C19H17F3N2O4/c20-19(21,22)28-13-5-3-12(4-6-13)23-14(25)7-8-24-17(26)15-10-1-2-11(9-10)16(15)18(24)27/h1-6,10-11,15-16H,7-9H2,(H,23,25)/t10-,11-,15+,16+/m0/s1. The first kappa shape index (κ1) is 18.5. The van der Waals surface area contributed by atoms with Crippen LogP contribution in [0, 0.1) is 23.7 Å². The number of nitrogens with one attached hydrogen (secondary N) is 1. The van der Waals surface area contributed by atoms with Crippen molar-refractivity contribution in [1.82, 2.24) is 4.90 Å². The van der Waals surface area contributed by atoms with Crippen molar-refractivity contribution < 1.29 is 32.3 Å². The monoisotopic (exact) mass is 394 g/mol. The molecule has 0 aromatic heterocycles. The summed E-state index contributed by atoms with van der Waals surface area (Å²) in [5.74, 6) is -1.64. The Hall–Kier alpha value is -2.84. The van der Waals surface area contributed by atoms with E-state index in [1.54, 1.807) is 0 Å². The summed E-state index contributed by atoms with van der Waals surface area (Å²) >= 11 is 0. The molecule has 2 fully saturated rings. The molecule has 1 aromatic carbocycles. The van der Waals surface area contributed by atoms with Gasteiger partial charge in [-0.25, -0.2) is 0 Å². The second kappa shape index (κ2) is 6.65. The number of nitrogens with zero attached hydrogens (tertiary/aromatic N) is 1. The number of hydrogen-bond donors (Lipinski definition) is 1. The molecule has 28 heavy (non-hydrogen) atoms. The van der Waals surface area contributed by atoms with Crippen LogP contribution in [0.15, 0.2) is 36.4 Å². The van der Waals surface area contributed by atoms with Crippen molar-refractivity contribution in [2.45, 2.75) is 19.2 Å². The minimum absolute atomic E-state index is 0.00872. The van der Waals surface area contributed by atoms with E-state index >= 15 is 0 Å². The van der Waals surface area contributed by atoms with Crippen LogP contribution in [0.4, 0.5) is 18.9 Å². The highest BCUT2D eigenvalue weighted by Crippen LogP contribution is 2.52. The minimum atomic E-state index is -4.78. The van der Waals surface area contributed by atoms with Gasteiger partial charge in [0.1, 0.15) is 5.75 Å². The van der Waals surface area contributed by atoms with Crippen LogP contribution in [-0.4, -0.2) is 35.5 Å². The van der Waals surface area contributed by atoms with Crippen LogP contribution in [0.25, 0.3) is 0 Å². The predicted octanol–water partition coefficient (Wildman–Crippen LogP) is 2.72. The third-order valence-corrected chi connectivity index (χ3v) is 5.50. The van der Waals surface area contributed by atoms with Crippen LogP contribution in [0.5, 0.6) is 5.75 Å². The fraction of sp³-hybridized carbons (Fsp3) is 0.421. The summed E-state index contributed by atoms with van der Waals surface area (Å²) in [5.41, 5.74) is 0.290. The van der Waals surface area contributed by atoms with Crippen molar-refractivity contribution in [3.05, 3.63) is 36.4 Å². The number of benzene rings is 1. The molecule has 0 unspecified atom stereocenters. The fourth-order valence-corrected chi connectivity index (χ4v) is 4.36. The molecule has 4 rings (SSSR count). The topological polar surface area (TPSA) is 75.7 Å². The zero-order valence-corrected chi connectivity index (χ0v) is 14.6. The van der Waals surface area contributed by atoms with Gasteiger partial charge < -0.3 is 10.1 Å². The van der Waals surface area contributed by atoms with E-state index in [0.29, 0.717) is 0 Å². The molecule has 2 aliphatic carbocycles. The van der Waals surface area contributed by atoms with Gasteiger partial charge in [-0.2, -0.15) is 0 Å². The van der Waals surface area contributed by atoms with Gasteiger partial charge in [0.25, 0.3) is 0 Å². The lowest BCUT2D eigenvalue weighted by Gasteiger charge is -2.17. The van der Waals surface area contributed by atoms with Gasteiger partial charge in [-0.3, -0.25) is 19.3 Å². The number of alkyl halides is 3. The lowest BCUT2D eigenvalue weighted by Crippen LogP contribution is -2.35. The fourth-order valence-electron chi connectivity index (χ4n) is 4.36. The summed E-state index contributed by atoms with van der Waals surface area (Å²) in [7, 11) is 0. The molecule has 6 nitrogen and oxygen atoms in total. The van der Waals surface area contributed by atoms with Gasteiger partial charge in [-0.15, -0.1) is 13.2 Å². The molecule has 0 spiro atoms. The number of fused-ring (bicyclic) bond motifs is 5. The molecule has 148 valence electrons. The molecule has 1 aromatic rings. The number of halogens is 3. The van der Waals surface area contributed by atoms with Crippen LogP contribution in [-0.2, 0) is 14.4 Å². The summed E-state index contributed by atoms with van der Waals surface area (Å²) in [6.07, 6.45) is -0.0265. The number of amides is 3. The van der Waals surface area contributed by atoms with Gasteiger partial charge in [0.15, 0.2) is 0 Å². The normalized spacial score (nSPS) is 28.0. The number of likely N-dealkylation sites (tertiary alicyclic amines) is 1. The lowest BCUT2D eigenvalue weighted by molar-refractivity contribution is -0.274. The largest absolute Gasteiger partial charge is 0.573 e. The van der Waals surface area contributed by atoms with E-state index in [0.717, 1.165) is 18.6 Å². The zero-order chi connectivity index (χ0) is 20.1. The van der Waals surface area contributed by atoms with E-state index in [-0.39, 0.29) is 54.1 Å². The average Bonchev–Trinajstić information content (AvgIpc) is 3.28. The highest BCUT2D eigenvalue weighted by molar-refractivity contribution is 6.06. The number of carbonyl (C=O) groups excluding carboxylic acids is 3. The number of ether oxygens (including phenoxy) is 1. The van der Waals surface area contributed by atoms with E-state index in [9.17, 15) is 27.6 Å². The highest BCUT2D eigenvalue weighted by Gasteiger charge is 2.59. The Morgan fingerprint density at radius 2 is 1.64 bits per heavy atom. The molecule has 1 aliphatic heterocycles. The molecule has 9 heteroatoms. The molecule has 2 bridgehead atoms. The second-order valence-electron chi connectivity index (χ2n) is 7.20. The van der Waals surface area contributed by atoms with Crippen molar-refractivity contribution in [1.29, 1.82) is 0 Å². The smallest absolute Gasteiger partial charge is 0.406 e. The lowest BCUT2D eigenvalue weighted by atomic mass is 9.85. The molecule has 0 radical (unpaired) electrons. The van der Waals surface area contributed by atoms with E-state index in [1.165, 1.54) is 17.0 Å².